The minimum atomic E-state index is -1.75. The minimum absolute atomic E-state index is 0.466. The van der Waals surface area contributed by atoms with Gasteiger partial charge in [0.25, 0.3) is 0 Å². The van der Waals surface area contributed by atoms with Gasteiger partial charge in [-0.1, -0.05) is 6.92 Å². The van der Waals surface area contributed by atoms with E-state index in [0.717, 1.165) is 12.8 Å². The van der Waals surface area contributed by atoms with E-state index < -0.39 is 19.1 Å². The number of alkyl halides is 2. The van der Waals surface area contributed by atoms with Crippen molar-refractivity contribution in [3.05, 3.63) is 23.3 Å². The normalized spacial score (nSPS) is 20.6. The van der Waals surface area contributed by atoms with Crippen molar-refractivity contribution in [3.8, 4) is 11.5 Å². The molecule has 2 nitrogen and oxygen atoms in total. The maximum absolute atomic E-state index is 12.8. The Hall–Kier alpha value is -1.32. The second kappa shape index (κ2) is 3.59. The van der Waals surface area contributed by atoms with Crippen LogP contribution in [0.5, 0.6) is 11.5 Å². The van der Waals surface area contributed by atoms with Gasteiger partial charge in [-0.3, -0.25) is 0 Å². The van der Waals surface area contributed by atoms with Gasteiger partial charge >= 0.3 is 5.79 Å². The SMILES string of the molecule is CC1Cc2cc3c(cc2C1)OC(CF)(CF)O3. The number of benzene rings is 1. The summed E-state index contributed by atoms with van der Waals surface area (Å²) in [6, 6.07) is 3.72. The molecule has 0 fully saturated rings. The lowest BCUT2D eigenvalue weighted by molar-refractivity contribution is -0.109. The highest BCUT2D eigenvalue weighted by atomic mass is 19.1. The molecule has 0 aromatic heterocycles. The molecule has 4 heteroatoms. The van der Waals surface area contributed by atoms with Crippen molar-refractivity contribution in [1.82, 2.24) is 0 Å². The number of fused-ring (bicyclic) bond motifs is 2. The third kappa shape index (κ3) is 1.58. The minimum Gasteiger partial charge on any atom is -0.443 e. The average Bonchev–Trinajstić information content (AvgIpc) is 2.84. The predicted molar refractivity (Wildman–Crippen MR) is 59.0 cm³/mol. The molecule has 0 N–H and O–H groups in total. The third-order valence-corrected chi connectivity index (χ3v) is 3.40. The number of hydrogen-bond acceptors (Lipinski definition) is 2. The van der Waals surface area contributed by atoms with Gasteiger partial charge < -0.3 is 9.47 Å². The van der Waals surface area contributed by atoms with E-state index in [4.69, 9.17) is 9.47 Å². The molecule has 0 spiro atoms. The molecule has 3 rings (SSSR count). The molecule has 1 aromatic carbocycles. The zero-order valence-corrected chi connectivity index (χ0v) is 9.63. The zero-order valence-electron chi connectivity index (χ0n) is 9.63. The highest BCUT2D eigenvalue weighted by molar-refractivity contribution is 5.51. The topological polar surface area (TPSA) is 18.5 Å². The van der Waals surface area contributed by atoms with Crippen LogP contribution in [0, 0.1) is 5.92 Å². The van der Waals surface area contributed by atoms with E-state index in [2.05, 4.69) is 6.92 Å². The largest absolute Gasteiger partial charge is 0.443 e. The third-order valence-electron chi connectivity index (χ3n) is 3.40. The first-order valence-corrected chi connectivity index (χ1v) is 5.81. The molecule has 1 aliphatic carbocycles. The van der Waals surface area contributed by atoms with Gasteiger partial charge in [-0.15, -0.1) is 0 Å². The van der Waals surface area contributed by atoms with Gasteiger partial charge in [0.1, 0.15) is 0 Å². The van der Waals surface area contributed by atoms with Crippen molar-refractivity contribution < 1.29 is 18.3 Å². The summed E-state index contributed by atoms with van der Waals surface area (Å²) < 4.78 is 36.1. The van der Waals surface area contributed by atoms with E-state index in [-0.39, 0.29) is 0 Å². The molecule has 92 valence electrons. The highest BCUT2D eigenvalue weighted by Gasteiger charge is 2.43. The number of halogens is 2. The quantitative estimate of drug-likeness (QED) is 0.791. The summed E-state index contributed by atoms with van der Waals surface area (Å²) in [5, 5.41) is 0. The van der Waals surface area contributed by atoms with Crippen LogP contribution in [0.4, 0.5) is 8.78 Å². The number of ether oxygens (including phenoxy) is 2. The van der Waals surface area contributed by atoms with Crippen LogP contribution in [0.15, 0.2) is 12.1 Å². The Morgan fingerprint density at radius 1 is 1.12 bits per heavy atom. The standard InChI is InChI=1S/C13H14F2O2/c1-8-2-9-4-11-12(5-10(9)3-8)17-13(6-14,7-15)16-11/h4-5,8H,2-3,6-7H2,1H3. The molecular formula is C13H14F2O2. The first kappa shape index (κ1) is 10.8. The van der Waals surface area contributed by atoms with Gasteiger partial charge in [0.15, 0.2) is 24.8 Å². The summed E-state index contributed by atoms with van der Waals surface area (Å²) in [5.74, 6) is -0.204. The predicted octanol–water partition coefficient (Wildman–Crippen LogP) is 2.83. The van der Waals surface area contributed by atoms with Gasteiger partial charge in [0.2, 0.25) is 0 Å². The van der Waals surface area contributed by atoms with Crippen molar-refractivity contribution in [3.63, 3.8) is 0 Å². The maximum atomic E-state index is 12.8. The van der Waals surface area contributed by atoms with Crippen molar-refractivity contribution in [2.75, 3.05) is 13.3 Å². The zero-order chi connectivity index (χ0) is 12.0. The van der Waals surface area contributed by atoms with Gasteiger partial charge in [0, 0.05) is 0 Å². The average molecular weight is 240 g/mol. The summed E-state index contributed by atoms with van der Waals surface area (Å²) in [4.78, 5) is 0. The highest BCUT2D eigenvalue weighted by Crippen LogP contribution is 2.44. The Balaban J connectivity index is 1.96. The van der Waals surface area contributed by atoms with Crippen LogP contribution in [-0.2, 0) is 12.8 Å². The molecule has 1 heterocycles. The van der Waals surface area contributed by atoms with Crippen LogP contribution in [-0.4, -0.2) is 19.1 Å². The van der Waals surface area contributed by atoms with Crippen molar-refractivity contribution >= 4 is 0 Å². The lowest BCUT2D eigenvalue weighted by atomic mass is 10.1. The lowest BCUT2D eigenvalue weighted by Crippen LogP contribution is -2.43. The fourth-order valence-corrected chi connectivity index (χ4v) is 2.57. The Morgan fingerprint density at radius 2 is 1.59 bits per heavy atom. The first-order valence-electron chi connectivity index (χ1n) is 5.81. The lowest BCUT2D eigenvalue weighted by Gasteiger charge is -2.20. The second-order valence-corrected chi connectivity index (χ2v) is 4.96. The molecule has 0 unspecified atom stereocenters. The van der Waals surface area contributed by atoms with E-state index in [1.165, 1.54) is 11.1 Å². The van der Waals surface area contributed by atoms with E-state index in [1.54, 1.807) is 0 Å². The van der Waals surface area contributed by atoms with Crippen LogP contribution >= 0.6 is 0 Å². The van der Waals surface area contributed by atoms with Crippen LogP contribution in [0.3, 0.4) is 0 Å². The Morgan fingerprint density at radius 3 is 2.00 bits per heavy atom. The summed E-state index contributed by atoms with van der Waals surface area (Å²) in [6.45, 7) is 0.207. The molecule has 0 bridgehead atoms. The molecule has 17 heavy (non-hydrogen) atoms. The van der Waals surface area contributed by atoms with Gasteiger partial charge in [0.05, 0.1) is 0 Å². The maximum Gasteiger partial charge on any atom is 0.308 e. The fraction of sp³-hybridized carbons (Fsp3) is 0.538. The van der Waals surface area contributed by atoms with Crippen LogP contribution in [0.2, 0.25) is 0 Å². The number of hydrogen-bond donors (Lipinski definition) is 0. The van der Waals surface area contributed by atoms with Crippen molar-refractivity contribution in [2.45, 2.75) is 25.6 Å². The summed E-state index contributed by atoms with van der Waals surface area (Å²) in [7, 11) is 0. The molecule has 1 aliphatic heterocycles. The monoisotopic (exact) mass is 240 g/mol. The molecule has 2 aliphatic rings. The van der Waals surface area contributed by atoms with E-state index in [0.29, 0.717) is 17.4 Å². The Labute approximate surface area is 98.5 Å². The van der Waals surface area contributed by atoms with Crippen LogP contribution in [0.25, 0.3) is 0 Å². The Bertz CT molecular complexity index is 418. The molecule has 0 saturated heterocycles. The molecule has 0 amide bonds. The van der Waals surface area contributed by atoms with Crippen molar-refractivity contribution in [1.29, 1.82) is 0 Å². The summed E-state index contributed by atoms with van der Waals surface area (Å²) in [6.07, 6.45) is 1.98. The fourth-order valence-electron chi connectivity index (χ4n) is 2.57. The molecule has 0 radical (unpaired) electrons. The van der Waals surface area contributed by atoms with Crippen LogP contribution in [0.1, 0.15) is 18.1 Å². The Kier molecular flexibility index (Phi) is 2.28. The molecule has 0 atom stereocenters. The molecular weight excluding hydrogens is 226 g/mol. The second-order valence-electron chi connectivity index (χ2n) is 4.96. The summed E-state index contributed by atoms with van der Waals surface area (Å²) in [5.41, 5.74) is 2.40. The van der Waals surface area contributed by atoms with Gasteiger partial charge in [-0.05, 0) is 42.0 Å². The van der Waals surface area contributed by atoms with Crippen LogP contribution < -0.4 is 9.47 Å². The van der Waals surface area contributed by atoms with Gasteiger partial charge in [-0.25, -0.2) is 8.78 Å². The van der Waals surface area contributed by atoms with Crippen molar-refractivity contribution in [2.24, 2.45) is 5.92 Å². The first-order chi connectivity index (χ1) is 8.15. The molecule has 1 aromatic rings. The smallest absolute Gasteiger partial charge is 0.308 e. The van der Waals surface area contributed by atoms with E-state index >= 15 is 0 Å². The number of rotatable bonds is 2. The van der Waals surface area contributed by atoms with Gasteiger partial charge in [-0.2, -0.15) is 0 Å². The van der Waals surface area contributed by atoms with E-state index in [1.807, 2.05) is 12.1 Å². The van der Waals surface area contributed by atoms with E-state index in [9.17, 15) is 8.78 Å². The summed E-state index contributed by atoms with van der Waals surface area (Å²) >= 11 is 0. The molecule has 0 saturated carbocycles.